The summed E-state index contributed by atoms with van der Waals surface area (Å²) in [4.78, 5) is 28.4. The van der Waals surface area contributed by atoms with Gasteiger partial charge in [0.1, 0.15) is 5.60 Å². The number of rotatable bonds is 5. The number of thiazole rings is 1. The fourth-order valence-corrected chi connectivity index (χ4v) is 3.83. The highest BCUT2D eigenvalue weighted by Crippen LogP contribution is 2.55. The summed E-state index contributed by atoms with van der Waals surface area (Å²) < 4.78 is 10.4. The molecular weight excluding hydrogens is 320 g/mol. The highest BCUT2D eigenvalue weighted by Gasteiger charge is 2.56. The van der Waals surface area contributed by atoms with Crippen molar-refractivity contribution in [3.63, 3.8) is 0 Å². The molecule has 2 N–H and O–H groups in total. The highest BCUT2D eigenvalue weighted by molar-refractivity contribution is 7.16. The second kappa shape index (κ2) is 6.09. The molecule has 0 saturated heterocycles. The number of aryl methyl sites for hydroxylation is 1. The van der Waals surface area contributed by atoms with E-state index in [9.17, 15) is 14.7 Å². The maximum Gasteiger partial charge on any atom is 0.413 e. The molecule has 1 fully saturated rings. The van der Waals surface area contributed by atoms with Crippen LogP contribution in [0.5, 0.6) is 0 Å². The molecule has 1 unspecified atom stereocenters. The summed E-state index contributed by atoms with van der Waals surface area (Å²) in [5.41, 5.74) is -0.431. The van der Waals surface area contributed by atoms with Gasteiger partial charge in [0.15, 0.2) is 11.2 Å². The van der Waals surface area contributed by atoms with Crippen LogP contribution < -0.4 is 5.32 Å². The predicted molar refractivity (Wildman–Crippen MR) is 86.1 cm³/mol. The molecule has 0 aromatic carbocycles. The SMILES string of the molecule is COC(C(=O)O)C1(c2sc(NC(=O)OC(C)(C)C)nc2C)CC1. The maximum absolute atomic E-state index is 11.8. The Morgan fingerprint density at radius 3 is 2.43 bits per heavy atom. The standard InChI is InChI=1S/C15H22N2O5S/c1-8-10(15(6-7-15)9(21-5)11(18)19)23-12(16-8)17-13(20)22-14(2,3)4/h9H,6-7H2,1-5H3,(H,18,19)(H,16,17,20). The number of hydrogen-bond donors (Lipinski definition) is 2. The first-order chi connectivity index (χ1) is 10.6. The Labute approximate surface area is 139 Å². The topological polar surface area (TPSA) is 97.8 Å². The Balaban J connectivity index is 2.19. The molecular formula is C15H22N2O5S. The minimum atomic E-state index is -0.987. The van der Waals surface area contributed by atoms with Gasteiger partial charge in [-0.2, -0.15) is 0 Å². The summed E-state index contributed by atoms with van der Waals surface area (Å²) >= 11 is 1.28. The van der Waals surface area contributed by atoms with E-state index < -0.39 is 29.2 Å². The Kier molecular flexibility index (Phi) is 4.68. The third-order valence-electron chi connectivity index (χ3n) is 3.61. The highest BCUT2D eigenvalue weighted by atomic mass is 32.1. The number of ether oxygens (including phenoxy) is 2. The molecule has 0 radical (unpaired) electrons. The molecule has 0 aliphatic heterocycles. The number of methoxy groups -OCH3 is 1. The first-order valence-corrected chi connectivity index (χ1v) is 8.14. The third kappa shape index (κ3) is 3.81. The van der Waals surface area contributed by atoms with Gasteiger partial charge in [0.05, 0.1) is 5.69 Å². The number of hydrogen-bond acceptors (Lipinski definition) is 6. The largest absolute Gasteiger partial charge is 0.479 e. The van der Waals surface area contributed by atoms with E-state index in [-0.39, 0.29) is 0 Å². The van der Waals surface area contributed by atoms with Crippen LogP contribution >= 0.6 is 11.3 Å². The first kappa shape index (κ1) is 17.7. The molecule has 1 aliphatic rings. The minimum Gasteiger partial charge on any atom is -0.479 e. The molecule has 23 heavy (non-hydrogen) atoms. The van der Waals surface area contributed by atoms with E-state index in [4.69, 9.17) is 9.47 Å². The van der Waals surface area contributed by atoms with E-state index >= 15 is 0 Å². The normalized spacial score (nSPS) is 17.4. The molecule has 7 nitrogen and oxygen atoms in total. The zero-order chi connectivity index (χ0) is 17.4. The Bertz CT molecular complexity index is 616. The molecule has 8 heteroatoms. The van der Waals surface area contributed by atoms with Gasteiger partial charge >= 0.3 is 12.1 Å². The number of carbonyl (C=O) groups is 2. The molecule has 128 valence electrons. The van der Waals surface area contributed by atoms with Gasteiger partial charge in [0.2, 0.25) is 0 Å². The molecule has 0 bridgehead atoms. The summed E-state index contributed by atoms with van der Waals surface area (Å²) in [6, 6.07) is 0. The lowest BCUT2D eigenvalue weighted by Gasteiger charge is -2.21. The average Bonchev–Trinajstić information content (AvgIpc) is 3.06. The van der Waals surface area contributed by atoms with E-state index in [1.54, 1.807) is 27.7 Å². The van der Waals surface area contributed by atoms with Crippen LogP contribution in [0.15, 0.2) is 0 Å². The smallest absolute Gasteiger partial charge is 0.413 e. The fourth-order valence-electron chi connectivity index (χ4n) is 2.61. The van der Waals surface area contributed by atoms with Crippen LogP contribution in [0.25, 0.3) is 0 Å². The second-order valence-electron chi connectivity index (χ2n) is 6.67. The number of carbonyl (C=O) groups excluding carboxylic acids is 1. The molecule has 1 aliphatic carbocycles. The van der Waals surface area contributed by atoms with Crippen molar-refractivity contribution < 1.29 is 24.2 Å². The number of nitrogens with zero attached hydrogens (tertiary/aromatic N) is 1. The summed E-state index contributed by atoms with van der Waals surface area (Å²) in [7, 11) is 1.40. The van der Waals surface area contributed by atoms with Crippen molar-refractivity contribution in [1.29, 1.82) is 0 Å². The lowest BCUT2D eigenvalue weighted by Crippen LogP contribution is -2.35. The molecule has 1 aromatic heterocycles. The Hall–Kier alpha value is -1.67. The monoisotopic (exact) mass is 342 g/mol. The van der Waals surface area contributed by atoms with Crippen molar-refractivity contribution in [2.24, 2.45) is 0 Å². The number of nitrogens with one attached hydrogen (secondary N) is 1. The Morgan fingerprint density at radius 1 is 1.39 bits per heavy atom. The van der Waals surface area contributed by atoms with Crippen LogP contribution in [0.2, 0.25) is 0 Å². The van der Waals surface area contributed by atoms with Gasteiger partial charge in [-0.1, -0.05) is 0 Å². The predicted octanol–water partition coefficient (Wildman–Crippen LogP) is 2.93. The number of anilines is 1. The maximum atomic E-state index is 11.8. The number of carboxylic acid groups (broad SMARTS) is 1. The van der Waals surface area contributed by atoms with E-state index in [2.05, 4.69) is 10.3 Å². The van der Waals surface area contributed by atoms with E-state index in [1.165, 1.54) is 18.4 Å². The quantitative estimate of drug-likeness (QED) is 0.854. The van der Waals surface area contributed by atoms with Crippen molar-refractivity contribution in [3.8, 4) is 0 Å². The molecule has 2 rings (SSSR count). The summed E-state index contributed by atoms with van der Waals surface area (Å²) in [5.74, 6) is -0.987. The van der Waals surface area contributed by atoms with E-state index in [1.807, 2.05) is 0 Å². The molecule has 0 spiro atoms. The van der Waals surface area contributed by atoms with Crippen molar-refractivity contribution in [2.75, 3.05) is 12.4 Å². The molecule has 1 atom stereocenters. The minimum absolute atomic E-state index is 0.401. The van der Waals surface area contributed by atoms with Crippen LogP contribution in [0.1, 0.15) is 44.2 Å². The zero-order valence-corrected chi connectivity index (χ0v) is 14.7. The van der Waals surface area contributed by atoms with Crippen LogP contribution in [0, 0.1) is 6.92 Å². The number of aliphatic carboxylic acids is 1. The van der Waals surface area contributed by atoms with Crippen LogP contribution in [-0.2, 0) is 19.7 Å². The summed E-state index contributed by atoms with van der Waals surface area (Å²) in [5, 5.41) is 12.4. The van der Waals surface area contributed by atoms with Crippen LogP contribution in [0.4, 0.5) is 9.93 Å². The second-order valence-corrected chi connectivity index (χ2v) is 7.67. The van der Waals surface area contributed by atoms with Gasteiger partial charge in [-0.25, -0.2) is 14.6 Å². The third-order valence-corrected chi connectivity index (χ3v) is 4.90. The molecule has 1 amide bonds. The van der Waals surface area contributed by atoms with Gasteiger partial charge in [0.25, 0.3) is 0 Å². The summed E-state index contributed by atoms with van der Waals surface area (Å²) in [6.07, 6.45) is -0.0282. The van der Waals surface area contributed by atoms with Crippen molar-refractivity contribution >= 4 is 28.5 Å². The Morgan fingerprint density at radius 2 is 2.00 bits per heavy atom. The number of aromatic nitrogens is 1. The molecule has 1 heterocycles. The molecule has 1 saturated carbocycles. The van der Waals surface area contributed by atoms with Crippen molar-refractivity contribution in [2.45, 2.75) is 57.7 Å². The lowest BCUT2D eigenvalue weighted by molar-refractivity contribution is -0.150. The van der Waals surface area contributed by atoms with Crippen molar-refractivity contribution in [3.05, 3.63) is 10.6 Å². The zero-order valence-electron chi connectivity index (χ0n) is 13.9. The average molecular weight is 342 g/mol. The van der Waals surface area contributed by atoms with E-state index in [0.29, 0.717) is 10.8 Å². The van der Waals surface area contributed by atoms with Crippen molar-refractivity contribution in [1.82, 2.24) is 4.98 Å². The number of carboxylic acids is 1. The first-order valence-electron chi connectivity index (χ1n) is 7.32. The lowest BCUT2D eigenvalue weighted by atomic mass is 9.96. The van der Waals surface area contributed by atoms with Gasteiger partial charge in [-0.3, -0.25) is 5.32 Å². The van der Waals surface area contributed by atoms with Gasteiger partial charge in [0, 0.05) is 17.4 Å². The summed E-state index contributed by atoms with van der Waals surface area (Å²) in [6.45, 7) is 7.14. The van der Waals surface area contributed by atoms with Gasteiger partial charge in [-0.05, 0) is 40.5 Å². The van der Waals surface area contributed by atoms with Gasteiger partial charge in [-0.15, -0.1) is 11.3 Å². The molecule has 1 aromatic rings. The fraction of sp³-hybridized carbons (Fsp3) is 0.667. The van der Waals surface area contributed by atoms with Crippen LogP contribution in [-0.4, -0.2) is 41.0 Å². The van der Waals surface area contributed by atoms with E-state index in [0.717, 1.165) is 17.7 Å². The number of amides is 1. The van der Waals surface area contributed by atoms with Gasteiger partial charge < -0.3 is 14.6 Å². The van der Waals surface area contributed by atoms with Crippen LogP contribution in [0.3, 0.4) is 0 Å².